The van der Waals surface area contributed by atoms with Crippen molar-refractivity contribution >= 4 is 28.9 Å². The van der Waals surface area contributed by atoms with Crippen molar-refractivity contribution < 1.29 is 9.90 Å². The third kappa shape index (κ3) is 4.67. The quantitative estimate of drug-likeness (QED) is 0.377. The first-order valence-electron chi connectivity index (χ1n) is 10.1. The second kappa shape index (κ2) is 8.73. The van der Waals surface area contributed by atoms with E-state index >= 15 is 0 Å². The molecule has 2 N–H and O–H groups in total. The van der Waals surface area contributed by atoms with Gasteiger partial charge in [-0.2, -0.15) is 0 Å². The van der Waals surface area contributed by atoms with E-state index in [1.165, 1.54) is 0 Å². The molecule has 1 aromatic carbocycles. The lowest BCUT2D eigenvalue weighted by atomic mass is 10.1. The highest BCUT2D eigenvalue weighted by Crippen LogP contribution is 2.29. The number of hydrogen-bond donors (Lipinski definition) is 2. The summed E-state index contributed by atoms with van der Waals surface area (Å²) in [5.41, 5.74) is 4.07. The molecule has 0 aliphatic rings. The number of aryl methyl sites for hydroxylation is 1. The van der Waals surface area contributed by atoms with E-state index in [1.54, 1.807) is 23.6 Å². The Balaban J connectivity index is 1.71. The Morgan fingerprint density at radius 1 is 1.19 bits per heavy atom. The zero-order chi connectivity index (χ0) is 22.0. The fourth-order valence-corrected chi connectivity index (χ4v) is 4.16. The van der Waals surface area contributed by atoms with Crippen molar-refractivity contribution in [1.29, 1.82) is 0 Å². The van der Waals surface area contributed by atoms with Crippen LogP contribution in [0, 0.1) is 12.8 Å². The summed E-state index contributed by atoms with van der Waals surface area (Å²) in [7, 11) is 0. The Labute approximate surface area is 185 Å². The van der Waals surface area contributed by atoms with Gasteiger partial charge < -0.3 is 10.4 Å². The predicted molar refractivity (Wildman–Crippen MR) is 125 cm³/mol. The van der Waals surface area contributed by atoms with Gasteiger partial charge in [0.2, 0.25) is 0 Å². The number of carboxylic acids is 1. The van der Waals surface area contributed by atoms with E-state index in [0.29, 0.717) is 11.7 Å². The molecular weight excluding hydrogens is 408 g/mol. The van der Waals surface area contributed by atoms with Crippen LogP contribution < -0.4 is 5.32 Å². The van der Waals surface area contributed by atoms with Crippen LogP contribution in [0.5, 0.6) is 0 Å². The fourth-order valence-electron chi connectivity index (χ4n) is 3.45. The zero-order valence-corrected chi connectivity index (χ0v) is 18.5. The molecule has 0 saturated heterocycles. The first-order chi connectivity index (χ1) is 14.9. The summed E-state index contributed by atoms with van der Waals surface area (Å²) in [6, 6.07) is 15.6. The van der Waals surface area contributed by atoms with Crippen LogP contribution in [-0.4, -0.2) is 25.8 Å². The number of anilines is 2. The van der Waals surface area contributed by atoms with Crippen LogP contribution >= 0.6 is 11.3 Å². The summed E-state index contributed by atoms with van der Waals surface area (Å²) in [4.78, 5) is 17.3. The first-order valence-corrected chi connectivity index (χ1v) is 11.0. The van der Waals surface area contributed by atoms with Crippen molar-refractivity contribution in [3.8, 4) is 16.1 Å². The maximum atomic E-state index is 11.9. The highest BCUT2D eigenvalue weighted by atomic mass is 32.1. The van der Waals surface area contributed by atoms with Gasteiger partial charge in [0.15, 0.2) is 5.82 Å². The number of hydrogen-bond acceptors (Lipinski definition) is 5. The van der Waals surface area contributed by atoms with Gasteiger partial charge in [0, 0.05) is 28.4 Å². The standard InChI is InChI=1S/C24H24N4O2S/c1-15(2)10-19-13-22(27-28(19)18-7-4-6-16(3)11-18)26-23-20(24(29)30)12-17(14-25-23)21-8-5-9-31-21/h4-9,11-15H,10H2,1-3H3,(H,29,30)(H,25,26,27). The summed E-state index contributed by atoms with van der Waals surface area (Å²) < 4.78 is 1.91. The van der Waals surface area contributed by atoms with E-state index < -0.39 is 5.97 Å². The highest BCUT2D eigenvalue weighted by molar-refractivity contribution is 7.13. The maximum Gasteiger partial charge on any atom is 0.339 e. The van der Waals surface area contributed by atoms with E-state index in [9.17, 15) is 9.90 Å². The van der Waals surface area contributed by atoms with Crippen LogP contribution in [0.1, 0.15) is 35.5 Å². The van der Waals surface area contributed by atoms with E-state index in [-0.39, 0.29) is 11.4 Å². The summed E-state index contributed by atoms with van der Waals surface area (Å²) in [6.45, 7) is 6.37. The average molecular weight is 433 g/mol. The monoisotopic (exact) mass is 432 g/mol. The molecule has 7 heteroatoms. The minimum Gasteiger partial charge on any atom is -0.478 e. The number of thiophene rings is 1. The number of pyridine rings is 1. The molecule has 0 amide bonds. The third-order valence-corrected chi connectivity index (χ3v) is 5.74. The van der Waals surface area contributed by atoms with Gasteiger partial charge in [-0.15, -0.1) is 16.4 Å². The second-order valence-electron chi connectivity index (χ2n) is 7.90. The van der Waals surface area contributed by atoms with Crippen molar-refractivity contribution in [1.82, 2.24) is 14.8 Å². The van der Waals surface area contributed by atoms with Crippen molar-refractivity contribution in [2.75, 3.05) is 5.32 Å². The maximum absolute atomic E-state index is 11.9. The van der Waals surface area contributed by atoms with Crippen molar-refractivity contribution in [2.24, 2.45) is 5.92 Å². The largest absolute Gasteiger partial charge is 0.478 e. The minimum absolute atomic E-state index is 0.112. The number of nitrogens with one attached hydrogen (secondary N) is 1. The van der Waals surface area contributed by atoms with Gasteiger partial charge in [-0.1, -0.05) is 32.0 Å². The Bertz CT molecular complexity index is 1210. The van der Waals surface area contributed by atoms with E-state index in [2.05, 4.69) is 30.2 Å². The van der Waals surface area contributed by atoms with Crippen LogP contribution in [0.15, 0.2) is 60.1 Å². The average Bonchev–Trinajstić information content (AvgIpc) is 3.38. The van der Waals surface area contributed by atoms with Crippen molar-refractivity contribution in [3.05, 3.63) is 76.9 Å². The molecule has 0 atom stereocenters. The smallest absolute Gasteiger partial charge is 0.339 e. The molecule has 31 heavy (non-hydrogen) atoms. The first kappa shape index (κ1) is 20.8. The topological polar surface area (TPSA) is 80.0 Å². The zero-order valence-electron chi connectivity index (χ0n) is 17.7. The Morgan fingerprint density at radius 2 is 2.03 bits per heavy atom. The van der Waals surface area contributed by atoms with Gasteiger partial charge in [0.1, 0.15) is 11.4 Å². The third-order valence-electron chi connectivity index (χ3n) is 4.82. The number of carbonyl (C=O) groups is 1. The van der Waals surface area contributed by atoms with Crippen molar-refractivity contribution in [3.63, 3.8) is 0 Å². The SMILES string of the molecule is Cc1cccc(-n2nc(Nc3ncc(-c4cccs4)cc3C(=O)O)cc2CC(C)C)c1. The molecule has 0 fully saturated rings. The Hall–Kier alpha value is -3.45. The van der Waals surface area contributed by atoms with Crippen LogP contribution in [0.4, 0.5) is 11.6 Å². The minimum atomic E-state index is -1.03. The molecule has 0 saturated carbocycles. The lowest BCUT2D eigenvalue weighted by Crippen LogP contribution is -2.07. The lowest BCUT2D eigenvalue weighted by molar-refractivity contribution is 0.0697. The molecule has 0 radical (unpaired) electrons. The summed E-state index contributed by atoms with van der Waals surface area (Å²) in [5.74, 6) is 0.258. The normalized spacial score (nSPS) is 11.1. The van der Waals surface area contributed by atoms with E-state index in [4.69, 9.17) is 5.10 Å². The number of aromatic nitrogens is 3. The number of rotatable bonds is 7. The summed E-state index contributed by atoms with van der Waals surface area (Å²) in [5, 5.41) is 19.5. The van der Waals surface area contributed by atoms with E-state index in [1.807, 2.05) is 53.4 Å². The summed E-state index contributed by atoms with van der Waals surface area (Å²) >= 11 is 1.55. The van der Waals surface area contributed by atoms with Crippen LogP contribution in [0.3, 0.4) is 0 Å². The number of aromatic carboxylic acids is 1. The van der Waals surface area contributed by atoms with Gasteiger partial charge in [-0.05, 0) is 54.5 Å². The van der Waals surface area contributed by atoms with Gasteiger partial charge in [-0.3, -0.25) is 0 Å². The highest BCUT2D eigenvalue weighted by Gasteiger charge is 2.17. The molecule has 0 bridgehead atoms. The molecule has 158 valence electrons. The van der Waals surface area contributed by atoms with Crippen LogP contribution in [0.25, 0.3) is 16.1 Å². The molecular formula is C24H24N4O2S. The van der Waals surface area contributed by atoms with Crippen LogP contribution in [0.2, 0.25) is 0 Å². The van der Waals surface area contributed by atoms with Crippen molar-refractivity contribution in [2.45, 2.75) is 27.2 Å². The lowest BCUT2D eigenvalue weighted by Gasteiger charge is -2.10. The number of nitrogens with zero attached hydrogens (tertiary/aromatic N) is 3. The molecule has 4 rings (SSSR count). The van der Waals surface area contributed by atoms with Crippen LogP contribution in [-0.2, 0) is 6.42 Å². The predicted octanol–water partition coefficient (Wildman–Crippen LogP) is 5.94. The van der Waals surface area contributed by atoms with Gasteiger partial charge in [0.25, 0.3) is 0 Å². The molecule has 0 aliphatic carbocycles. The van der Waals surface area contributed by atoms with Gasteiger partial charge in [-0.25, -0.2) is 14.5 Å². The number of benzene rings is 1. The molecule has 0 spiro atoms. The van der Waals surface area contributed by atoms with Gasteiger partial charge in [0.05, 0.1) is 5.69 Å². The van der Waals surface area contributed by atoms with E-state index in [0.717, 1.165) is 33.8 Å². The second-order valence-corrected chi connectivity index (χ2v) is 8.85. The Kier molecular flexibility index (Phi) is 5.86. The van der Waals surface area contributed by atoms with Gasteiger partial charge >= 0.3 is 5.97 Å². The summed E-state index contributed by atoms with van der Waals surface area (Å²) in [6.07, 6.45) is 2.53. The number of carboxylic acid groups (broad SMARTS) is 1. The molecule has 6 nitrogen and oxygen atoms in total. The molecule has 3 aromatic heterocycles. The molecule has 4 aromatic rings. The molecule has 0 unspecified atom stereocenters. The molecule has 3 heterocycles. The Morgan fingerprint density at radius 3 is 2.71 bits per heavy atom. The molecule has 0 aliphatic heterocycles. The fraction of sp³-hybridized carbons (Fsp3) is 0.208.